The summed E-state index contributed by atoms with van der Waals surface area (Å²) in [5, 5.41) is 2.32. The molecule has 1 aliphatic rings. The molecule has 68 heavy (non-hydrogen) atoms. The lowest BCUT2D eigenvalue weighted by atomic mass is 9.82. The summed E-state index contributed by atoms with van der Waals surface area (Å²) < 4.78 is 13.6. The standard InChI is InChI=1S/C63H52N4O/c1-39(2)43-33-55(40(3)4)62(56(34-43)41(5)6)42-31-32-64-61(35-42)67-58-27-14-12-24-52(58)53-30-29-46(37-60(53)67)68-45-18-15-17-44(36-45)65-38-66-57-26-13-11-23-51(57)49-21-9-7-19-47(49)48-20-8-10-22-50(48)54-25-16-28-59(65)63(54)66/h7-37,39-41H,1-6H3. The van der Waals surface area contributed by atoms with Gasteiger partial charge >= 0.3 is 0 Å². The number of aromatic nitrogens is 4. The Morgan fingerprint density at radius 1 is 0.485 bits per heavy atom. The number of hydrogen-bond donors (Lipinski definition) is 0. The zero-order valence-electron chi connectivity index (χ0n) is 39.3. The normalized spacial score (nSPS) is 12.1. The zero-order valence-corrected chi connectivity index (χ0v) is 39.3. The summed E-state index contributed by atoms with van der Waals surface area (Å²) in [6.45, 7) is 13.8. The molecule has 0 unspecified atom stereocenters. The Labute approximate surface area is 398 Å². The van der Waals surface area contributed by atoms with Gasteiger partial charge in [0.2, 0.25) is 0 Å². The lowest BCUT2D eigenvalue weighted by Gasteiger charge is -2.23. The van der Waals surface area contributed by atoms with E-state index < -0.39 is 0 Å². The third kappa shape index (κ3) is 6.75. The largest absolute Gasteiger partial charge is 0.458 e. The second-order valence-corrected chi connectivity index (χ2v) is 19.1. The number of para-hydroxylation sites is 3. The molecule has 1 aliphatic heterocycles. The molecule has 3 aromatic heterocycles. The van der Waals surface area contributed by atoms with Gasteiger partial charge in [-0.05, 0) is 134 Å². The van der Waals surface area contributed by atoms with Crippen molar-refractivity contribution in [3.05, 3.63) is 211 Å². The molecule has 5 heteroatoms. The molecule has 0 saturated carbocycles. The van der Waals surface area contributed by atoms with E-state index in [4.69, 9.17) is 9.72 Å². The van der Waals surface area contributed by atoms with E-state index in [2.05, 4.69) is 237 Å². The van der Waals surface area contributed by atoms with Gasteiger partial charge < -0.3 is 4.74 Å². The first-order chi connectivity index (χ1) is 33.2. The lowest BCUT2D eigenvalue weighted by Crippen LogP contribution is -2.30. The van der Waals surface area contributed by atoms with Gasteiger partial charge in [-0.2, -0.15) is 0 Å². The number of hydrogen-bond acceptors (Lipinski definition) is 2. The highest BCUT2D eigenvalue weighted by Gasteiger charge is 2.25. The molecule has 330 valence electrons. The van der Waals surface area contributed by atoms with E-state index in [9.17, 15) is 0 Å². The third-order valence-corrected chi connectivity index (χ3v) is 13.9. The van der Waals surface area contributed by atoms with Crippen molar-refractivity contribution in [1.82, 2.24) is 14.1 Å². The average Bonchev–Trinajstić information content (AvgIpc) is 3.93. The second-order valence-electron chi connectivity index (χ2n) is 19.1. The van der Waals surface area contributed by atoms with Gasteiger partial charge in [0.25, 0.3) is 6.33 Å². The van der Waals surface area contributed by atoms with Gasteiger partial charge in [0.15, 0.2) is 0 Å². The van der Waals surface area contributed by atoms with Crippen molar-refractivity contribution >= 4 is 32.8 Å². The minimum atomic E-state index is 0.365. The van der Waals surface area contributed by atoms with Gasteiger partial charge in [-0.15, -0.1) is 0 Å². The maximum absolute atomic E-state index is 6.85. The lowest BCUT2D eigenvalue weighted by molar-refractivity contribution is -0.571. The van der Waals surface area contributed by atoms with Crippen molar-refractivity contribution in [2.24, 2.45) is 0 Å². The molecule has 0 atom stereocenters. The molecule has 0 amide bonds. The van der Waals surface area contributed by atoms with Gasteiger partial charge in [-0.1, -0.05) is 163 Å². The van der Waals surface area contributed by atoms with Crippen LogP contribution in [0, 0.1) is 6.33 Å². The first-order valence-electron chi connectivity index (χ1n) is 23.9. The van der Waals surface area contributed by atoms with Gasteiger partial charge in [0.1, 0.15) is 17.3 Å². The van der Waals surface area contributed by atoms with Crippen LogP contribution in [-0.4, -0.2) is 14.1 Å². The fraction of sp³-hybridized carbons (Fsp3) is 0.143. The molecule has 0 bridgehead atoms. The van der Waals surface area contributed by atoms with E-state index in [1.807, 2.05) is 12.3 Å². The van der Waals surface area contributed by atoms with Crippen LogP contribution < -0.4 is 9.30 Å². The average molecular weight is 881 g/mol. The molecule has 12 rings (SSSR count). The molecule has 4 heterocycles. The molecule has 8 aromatic carbocycles. The molecular weight excluding hydrogens is 829 g/mol. The van der Waals surface area contributed by atoms with Crippen molar-refractivity contribution in [2.45, 2.75) is 59.3 Å². The maximum Gasteiger partial charge on any atom is 0.269 e. The number of ether oxygens (including phenoxy) is 1. The highest BCUT2D eigenvalue weighted by atomic mass is 16.5. The van der Waals surface area contributed by atoms with Gasteiger partial charge in [0.05, 0.1) is 33.4 Å². The topological polar surface area (TPSA) is 35.9 Å². The van der Waals surface area contributed by atoms with E-state index in [0.717, 1.165) is 67.3 Å². The number of nitrogens with zero attached hydrogens (tertiary/aromatic N) is 4. The summed E-state index contributed by atoms with van der Waals surface area (Å²) in [5.74, 6) is 3.53. The molecule has 0 saturated heterocycles. The summed E-state index contributed by atoms with van der Waals surface area (Å²) in [7, 11) is 0. The second kappa shape index (κ2) is 16.4. The van der Waals surface area contributed by atoms with Crippen molar-refractivity contribution < 1.29 is 9.30 Å². The summed E-state index contributed by atoms with van der Waals surface area (Å²) in [5.41, 5.74) is 20.1. The molecule has 5 nitrogen and oxygen atoms in total. The Hall–Kier alpha value is -8.02. The van der Waals surface area contributed by atoms with E-state index in [1.165, 1.54) is 55.5 Å². The number of benzene rings is 8. The smallest absolute Gasteiger partial charge is 0.269 e. The summed E-state index contributed by atoms with van der Waals surface area (Å²) in [4.78, 5) is 5.07. The fourth-order valence-electron chi connectivity index (χ4n) is 10.6. The van der Waals surface area contributed by atoms with Crippen LogP contribution in [-0.2, 0) is 0 Å². The van der Waals surface area contributed by atoms with Crippen LogP contribution in [0.15, 0.2) is 188 Å². The van der Waals surface area contributed by atoms with Crippen molar-refractivity contribution in [3.8, 4) is 73.2 Å². The molecule has 0 spiro atoms. The number of rotatable bonds is 8. The predicted octanol–water partition coefficient (Wildman–Crippen LogP) is 16.3. The van der Waals surface area contributed by atoms with Gasteiger partial charge in [0, 0.05) is 23.0 Å². The molecule has 11 aromatic rings. The van der Waals surface area contributed by atoms with E-state index >= 15 is 0 Å². The van der Waals surface area contributed by atoms with E-state index in [0.29, 0.717) is 17.8 Å². The first-order valence-corrected chi connectivity index (χ1v) is 23.9. The SMILES string of the molecule is CC(C)c1cc(C(C)C)c(-c2ccnc(-n3c4ccccc4c4ccc(Oc5cccc(-n6[c-][n+]7c8c(cccc86)-c6ccccc6-c6ccccc6-c6ccccc6-7)c5)cc43)c2)c(C(C)C)c1. The van der Waals surface area contributed by atoms with Gasteiger partial charge in [-0.25, -0.2) is 4.98 Å². The van der Waals surface area contributed by atoms with Crippen LogP contribution in [0.4, 0.5) is 0 Å². The predicted molar refractivity (Wildman–Crippen MR) is 280 cm³/mol. The maximum atomic E-state index is 6.85. The minimum Gasteiger partial charge on any atom is -0.458 e. The number of imidazole rings is 1. The van der Waals surface area contributed by atoms with Crippen LogP contribution in [0.25, 0.3) is 94.5 Å². The van der Waals surface area contributed by atoms with Gasteiger partial charge in [-0.3, -0.25) is 13.7 Å². The summed E-state index contributed by atoms with van der Waals surface area (Å²) >= 11 is 0. The molecule has 0 radical (unpaired) electrons. The Kier molecular flexibility index (Phi) is 9.98. The van der Waals surface area contributed by atoms with E-state index in [-0.39, 0.29) is 0 Å². The minimum absolute atomic E-state index is 0.365. The number of fused-ring (bicyclic) bond motifs is 10. The Balaban J connectivity index is 0.972. The molecular formula is C63H52N4O. The highest BCUT2D eigenvalue weighted by molar-refractivity contribution is 6.09. The number of pyridine rings is 1. The molecule has 0 N–H and O–H groups in total. The molecule has 0 fully saturated rings. The van der Waals surface area contributed by atoms with Crippen LogP contribution in [0.3, 0.4) is 0 Å². The van der Waals surface area contributed by atoms with E-state index in [1.54, 1.807) is 0 Å². The quantitative estimate of drug-likeness (QED) is 0.113. The van der Waals surface area contributed by atoms with Crippen LogP contribution in [0.1, 0.15) is 76.0 Å². The van der Waals surface area contributed by atoms with Crippen molar-refractivity contribution in [2.75, 3.05) is 0 Å². The summed E-state index contributed by atoms with van der Waals surface area (Å²) in [6.07, 6.45) is 5.80. The Morgan fingerprint density at radius 2 is 1.07 bits per heavy atom. The van der Waals surface area contributed by atoms with Crippen molar-refractivity contribution in [3.63, 3.8) is 0 Å². The molecule has 0 aliphatic carbocycles. The zero-order chi connectivity index (χ0) is 46.2. The Morgan fingerprint density at radius 3 is 1.79 bits per heavy atom. The van der Waals surface area contributed by atoms with Crippen LogP contribution >= 0.6 is 0 Å². The highest BCUT2D eigenvalue weighted by Crippen LogP contribution is 2.44. The third-order valence-electron chi connectivity index (χ3n) is 13.9. The summed E-state index contributed by atoms with van der Waals surface area (Å²) in [6, 6.07) is 65.5. The monoisotopic (exact) mass is 880 g/mol. The fourth-order valence-corrected chi connectivity index (χ4v) is 10.6. The Bertz CT molecular complexity index is 3740. The van der Waals surface area contributed by atoms with Crippen LogP contribution in [0.2, 0.25) is 0 Å². The van der Waals surface area contributed by atoms with Crippen molar-refractivity contribution in [1.29, 1.82) is 0 Å². The van der Waals surface area contributed by atoms with Crippen LogP contribution in [0.5, 0.6) is 11.5 Å². The first kappa shape index (κ1) is 41.4.